The van der Waals surface area contributed by atoms with Gasteiger partial charge in [-0.25, -0.2) is 0 Å². The average Bonchev–Trinajstić information content (AvgIpc) is 2.68. The van der Waals surface area contributed by atoms with Crippen molar-refractivity contribution in [3.8, 4) is 0 Å². The summed E-state index contributed by atoms with van der Waals surface area (Å²) in [6.45, 7) is 14.8. The molecule has 1 saturated carbocycles. The van der Waals surface area contributed by atoms with Crippen molar-refractivity contribution in [2.24, 2.45) is 17.8 Å². The van der Waals surface area contributed by atoms with Gasteiger partial charge >= 0.3 is 11.9 Å². The first-order valence-corrected chi connectivity index (χ1v) is 7.51. The zero-order valence-electron chi connectivity index (χ0n) is 14.1. The molecule has 0 aromatic carbocycles. The van der Waals surface area contributed by atoms with E-state index in [1.165, 1.54) is 0 Å². The molecule has 1 rings (SSSR count). The van der Waals surface area contributed by atoms with Crippen molar-refractivity contribution in [2.45, 2.75) is 65.6 Å². The normalized spacial score (nSPS) is 26.3. The molecule has 0 spiro atoms. The first-order valence-electron chi connectivity index (χ1n) is 7.51. The van der Waals surface area contributed by atoms with Crippen LogP contribution < -0.4 is 0 Å². The van der Waals surface area contributed by atoms with Crippen LogP contribution in [0, 0.1) is 17.8 Å². The van der Waals surface area contributed by atoms with Crippen LogP contribution in [0.2, 0.25) is 0 Å². The Kier molecular flexibility index (Phi) is 5.24. The maximum atomic E-state index is 12.3. The topological polar surface area (TPSA) is 52.6 Å². The van der Waals surface area contributed by atoms with Crippen LogP contribution in [0.25, 0.3) is 0 Å². The monoisotopic (exact) mass is 296 g/mol. The molecule has 0 radical (unpaired) electrons. The zero-order chi connectivity index (χ0) is 16.4. The molecule has 120 valence electrons. The van der Waals surface area contributed by atoms with E-state index < -0.39 is 11.2 Å². The van der Waals surface area contributed by atoms with Gasteiger partial charge in [0.1, 0.15) is 11.2 Å². The van der Waals surface area contributed by atoms with E-state index in [-0.39, 0.29) is 29.7 Å². The lowest BCUT2D eigenvalue weighted by molar-refractivity contribution is -0.161. The lowest BCUT2D eigenvalue weighted by atomic mass is 9.96. The van der Waals surface area contributed by atoms with Crippen LogP contribution in [0.3, 0.4) is 0 Å². The highest BCUT2D eigenvalue weighted by Gasteiger charge is 2.43. The molecule has 1 fully saturated rings. The summed E-state index contributed by atoms with van der Waals surface area (Å²) in [6.07, 6.45) is 2.82. The molecule has 0 saturated heterocycles. The molecule has 0 N–H and O–H groups in total. The third-order valence-electron chi connectivity index (χ3n) is 3.36. The first-order chi connectivity index (χ1) is 9.43. The van der Waals surface area contributed by atoms with Crippen LogP contribution >= 0.6 is 0 Å². The van der Waals surface area contributed by atoms with E-state index >= 15 is 0 Å². The molecule has 0 unspecified atom stereocenters. The zero-order valence-corrected chi connectivity index (χ0v) is 14.1. The summed E-state index contributed by atoms with van der Waals surface area (Å²) >= 11 is 0. The number of allylic oxidation sites excluding steroid dienone is 1. The minimum absolute atomic E-state index is 0.0302. The second kappa shape index (κ2) is 6.20. The van der Waals surface area contributed by atoms with Crippen molar-refractivity contribution in [3.63, 3.8) is 0 Å². The summed E-state index contributed by atoms with van der Waals surface area (Å²) in [5.41, 5.74) is -1.03. The predicted molar refractivity (Wildman–Crippen MR) is 81.6 cm³/mol. The molecule has 1 aliphatic rings. The molecular formula is C17H28O4. The Hall–Kier alpha value is -1.32. The third-order valence-corrected chi connectivity index (χ3v) is 3.36. The maximum absolute atomic E-state index is 12.3. The molecule has 3 atom stereocenters. The van der Waals surface area contributed by atoms with E-state index in [0.29, 0.717) is 12.8 Å². The quantitative estimate of drug-likeness (QED) is 0.591. The largest absolute Gasteiger partial charge is 0.460 e. The van der Waals surface area contributed by atoms with E-state index in [4.69, 9.17) is 9.47 Å². The van der Waals surface area contributed by atoms with Crippen LogP contribution in [0.1, 0.15) is 54.4 Å². The molecule has 0 amide bonds. The number of hydrogen-bond donors (Lipinski definition) is 0. The van der Waals surface area contributed by atoms with E-state index in [0.717, 1.165) is 0 Å². The van der Waals surface area contributed by atoms with E-state index in [2.05, 4.69) is 6.58 Å². The van der Waals surface area contributed by atoms with Gasteiger partial charge < -0.3 is 9.47 Å². The lowest BCUT2D eigenvalue weighted by Crippen LogP contribution is -2.30. The molecule has 1 aliphatic carbocycles. The second-order valence-corrected chi connectivity index (χ2v) is 7.74. The number of rotatable bonds is 3. The molecule has 0 aromatic heterocycles. The lowest BCUT2D eigenvalue weighted by Gasteiger charge is -2.24. The highest BCUT2D eigenvalue weighted by Crippen LogP contribution is 2.39. The summed E-state index contributed by atoms with van der Waals surface area (Å²) in [7, 11) is 0. The fourth-order valence-corrected chi connectivity index (χ4v) is 2.56. The van der Waals surface area contributed by atoms with E-state index in [1.54, 1.807) is 6.08 Å². The summed E-state index contributed by atoms with van der Waals surface area (Å²) in [5.74, 6) is -1.08. The number of esters is 2. The fraction of sp³-hybridized carbons (Fsp3) is 0.765. The Bertz CT molecular complexity index is 411. The Labute approximate surface area is 127 Å². The Morgan fingerprint density at radius 2 is 1.43 bits per heavy atom. The molecular weight excluding hydrogens is 268 g/mol. The van der Waals surface area contributed by atoms with Crippen LogP contribution in [0.5, 0.6) is 0 Å². The second-order valence-electron chi connectivity index (χ2n) is 7.74. The van der Waals surface area contributed by atoms with Crippen molar-refractivity contribution >= 4 is 11.9 Å². The van der Waals surface area contributed by atoms with E-state index in [1.807, 2.05) is 41.5 Å². The molecule has 0 aromatic rings. The van der Waals surface area contributed by atoms with Gasteiger partial charge in [-0.2, -0.15) is 0 Å². The summed E-state index contributed by atoms with van der Waals surface area (Å²) in [6, 6.07) is 0. The fourth-order valence-electron chi connectivity index (χ4n) is 2.56. The van der Waals surface area contributed by atoms with Crippen LogP contribution in [-0.2, 0) is 19.1 Å². The van der Waals surface area contributed by atoms with Crippen molar-refractivity contribution in [1.29, 1.82) is 0 Å². The predicted octanol–water partition coefficient (Wildman–Crippen LogP) is 3.50. The molecule has 4 nitrogen and oxygen atoms in total. The van der Waals surface area contributed by atoms with E-state index in [9.17, 15) is 9.59 Å². The minimum Gasteiger partial charge on any atom is -0.460 e. The molecule has 21 heavy (non-hydrogen) atoms. The van der Waals surface area contributed by atoms with Gasteiger partial charge in [-0.05, 0) is 60.3 Å². The molecule has 4 heteroatoms. The molecule has 0 bridgehead atoms. The summed E-state index contributed by atoms with van der Waals surface area (Å²) < 4.78 is 10.9. The number of hydrogen-bond acceptors (Lipinski definition) is 4. The van der Waals surface area contributed by atoms with Gasteiger partial charge in [0.25, 0.3) is 0 Å². The average molecular weight is 296 g/mol. The Balaban J connectivity index is 2.74. The van der Waals surface area contributed by atoms with Gasteiger partial charge in [0.15, 0.2) is 0 Å². The van der Waals surface area contributed by atoms with Crippen molar-refractivity contribution in [2.75, 3.05) is 0 Å². The number of carbonyl (C=O) groups excluding carboxylic acids is 2. The highest BCUT2D eigenvalue weighted by atomic mass is 16.6. The minimum atomic E-state index is -0.521. The van der Waals surface area contributed by atoms with Crippen molar-refractivity contribution in [1.82, 2.24) is 0 Å². The van der Waals surface area contributed by atoms with Crippen LogP contribution in [-0.4, -0.2) is 23.1 Å². The Morgan fingerprint density at radius 1 is 0.952 bits per heavy atom. The standard InChI is InChI=1S/C17H28O4/c1-8-11-9-12(14(18)20-16(2,3)4)10-13(11)15(19)21-17(5,6)7/h8,11-13H,1,9-10H2,2-7H3/t11-,12-,13-/m0/s1. The van der Waals surface area contributed by atoms with Gasteiger partial charge in [0.2, 0.25) is 0 Å². The van der Waals surface area contributed by atoms with Gasteiger partial charge in [0.05, 0.1) is 11.8 Å². The number of carbonyl (C=O) groups is 2. The van der Waals surface area contributed by atoms with Gasteiger partial charge in [-0.1, -0.05) is 6.08 Å². The summed E-state index contributed by atoms with van der Waals surface area (Å²) in [4.78, 5) is 24.4. The van der Waals surface area contributed by atoms with Crippen LogP contribution in [0.15, 0.2) is 12.7 Å². The van der Waals surface area contributed by atoms with Crippen LogP contribution in [0.4, 0.5) is 0 Å². The molecule has 0 aliphatic heterocycles. The Morgan fingerprint density at radius 3 is 1.86 bits per heavy atom. The van der Waals surface area contributed by atoms with Gasteiger partial charge in [0, 0.05) is 0 Å². The summed E-state index contributed by atoms with van der Waals surface area (Å²) in [5, 5.41) is 0. The highest BCUT2D eigenvalue weighted by molar-refractivity contribution is 5.78. The smallest absolute Gasteiger partial charge is 0.310 e. The molecule has 0 heterocycles. The first kappa shape index (κ1) is 17.7. The maximum Gasteiger partial charge on any atom is 0.310 e. The van der Waals surface area contributed by atoms with Gasteiger partial charge in [-0.15, -0.1) is 6.58 Å². The van der Waals surface area contributed by atoms with Crippen molar-refractivity contribution < 1.29 is 19.1 Å². The SMILES string of the molecule is C=C[C@H]1C[C@H](C(=O)OC(C)(C)C)C[C@@H]1C(=O)OC(C)(C)C. The third kappa shape index (κ3) is 5.52. The van der Waals surface area contributed by atoms with Crippen molar-refractivity contribution in [3.05, 3.63) is 12.7 Å². The van der Waals surface area contributed by atoms with Gasteiger partial charge in [-0.3, -0.25) is 9.59 Å². The number of ether oxygens (including phenoxy) is 2.